The van der Waals surface area contributed by atoms with E-state index < -0.39 is 0 Å². The lowest BCUT2D eigenvalue weighted by molar-refractivity contribution is -0.117. The molecule has 0 aliphatic carbocycles. The number of ether oxygens (including phenoxy) is 1. The Kier molecular flexibility index (Phi) is 4.81. The summed E-state index contributed by atoms with van der Waals surface area (Å²) >= 11 is 0. The molecule has 1 unspecified atom stereocenters. The summed E-state index contributed by atoms with van der Waals surface area (Å²) in [5.74, 6) is -0.189. The van der Waals surface area contributed by atoms with Crippen LogP contribution in [0.4, 0.5) is 10.1 Å². The Labute approximate surface area is 141 Å². The van der Waals surface area contributed by atoms with Gasteiger partial charge >= 0.3 is 0 Å². The Hall–Kier alpha value is -2.40. The first kappa shape index (κ1) is 16.5. The topological polar surface area (TPSA) is 50.4 Å². The molecule has 126 valence electrons. The molecule has 2 aromatic carbocycles. The summed E-state index contributed by atoms with van der Waals surface area (Å²) in [5, 5.41) is 5.93. The zero-order chi connectivity index (χ0) is 17.1. The molecule has 1 aliphatic heterocycles. The fourth-order valence-electron chi connectivity index (χ4n) is 2.92. The SMILES string of the molecule is COc1ccc(C(C)C(=O)Nc2ccc3c(c2F)CCNC3)cc1. The smallest absolute Gasteiger partial charge is 0.231 e. The van der Waals surface area contributed by atoms with Crippen molar-refractivity contribution in [3.05, 3.63) is 58.9 Å². The van der Waals surface area contributed by atoms with Crippen molar-refractivity contribution >= 4 is 11.6 Å². The summed E-state index contributed by atoms with van der Waals surface area (Å²) in [6.07, 6.45) is 0.638. The molecule has 4 nitrogen and oxygen atoms in total. The van der Waals surface area contributed by atoms with Crippen LogP contribution in [0.5, 0.6) is 5.75 Å². The van der Waals surface area contributed by atoms with Gasteiger partial charge in [0.2, 0.25) is 5.91 Å². The van der Waals surface area contributed by atoms with Gasteiger partial charge in [0.25, 0.3) is 0 Å². The zero-order valence-corrected chi connectivity index (χ0v) is 13.9. The van der Waals surface area contributed by atoms with Gasteiger partial charge in [0.05, 0.1) is 18.7 Å². The number of hydrogen-bond acceptors (Lipinski definition) is 3. The summed E-state index contributed by atoms with van der Waals surface area (Å²) in [7, 11) is 1.60. The molecule has 0 radical (unpaired) electrons. The van der Waals surface area contributed by atoms with Gasteiger partial charge in [-0.15, -0.1) is 0 Å². The number of fused-ring (bicyclic) bond motifs is 1. The standard InChI is InChI=1S/C19H21FN2O2/c1-12(13-3-6-15(24-2)7-4-13)19(23)22-17-8-5-14-11-21-10-9-16(14)18(17)20/h3-8,12,21H,9-11H2,1-2H3,(H,22,23). The van der Waals surface area contributed by atoms with Crippen LogP contribution in [0, 0.1) is 5.82 Å². The van der Waals surface area contributed by atoms with E-state index in [1.807, 2.05) is 30.3 Å². The van der Waals surface area contributed by atoms with Crippen molar-refractivity contribution in [3.63, 3.8) is 0 Å². The first-order valence-electron chi connectivity index (χ1n) is 8.06. The van der Waals surface area contributed by atoms with Crippen LogP contribution in [0.15, 0.2) is 36.4 Å². The van der Waals surface area contributed by atoms with E-state index in [0.29, 0.717) is 18.5 Å². The predicted octanol–water partition coefficient (Wildman–Crippen LogP) is 3.22. The van der Waals surface area contributed by atoms with E-state index in [2.05, 4.69) is 10.6 Å². The third-order valence-corrected chi connectivity index (χ3v) is 4.47. The highest BCUT2D eigenvalue weighted by molar-refractivity contribution is 5.95. The summed E-state index contributed by atoms with van der Waals surface area (Å²) < 4.78 is 19.7. The predicted molar refractivity (Wildman–Crippen MR) is 91.8 cm³/mol. The van der Waals surface area contributed by atoms with Crippen molar-refractivity contribution < 1.29 is 13.9 Å². The van der Waals surface area contributed by atoms with Crippen LogP contribution in [0.25, 0.3) is 0 Å². The molecule has 0 fully saturated rings. The van der Waals surface area contributed by atoms with Gasteiger partial charge in [0, 0.05) is 6.54 Å². The molecule has 2 aromatic rings. The fraction of sp³-hybridized carbons (Fsp3) is 0.316. The molecule has 24 heavy (non-hydrogen) atoms. The Morgan fingerprint density at radius 1 is 1.25 bits per heavy atom. The maximum absolute atomic E-state index is 14.6. The molecular formula is C19H21FN2O2. The molecule has 1 aliphatic rings. The Morgan fingerprint density at radius 3 is 2.71 bits per heavy atom. The lowest BCUT2D eigenvalue weighted by atomic mass is 9.98. The average Bonchev–Trinajstić information content (AvgIpc) is 2.63. The minimum Gasteiger partial charge on any atom is -0.497 e. The number of amides is 1. The fourth-order valence-corrected chi connectivity index (χ4v) is 2.92. The number of carbonyl (C=O) groups excluding carboxylic acids is 1. The monoisotopic (exact) mass is 328 g/mol. The highest BCUT2D eigenvalue weighted by atomic mass is 19.1. The second kappa shape index (κ2) is 7.01. The molecule has 1 amide bonds. The molecule has 0 aromatic heterocycles. The summed E-state index contributed by atoms with van der Waals surface area (Å²) in [6.45, 7) is 3.23. The van der Waals surface area contributed by atoms with Crippen molar-refractivity contribution in [2.75, 3.05) is 19.0 Å². The molecule has 0 saturated heterocycles. The molecular weight excluding hydrogens is 307 g/mol. The van der Waals surface area contributed by atoms with Crippen molar-refractivity contribution in [2.45, 2.75) is 25.8 Å². The van der Waals surface area contributed by atoms with Crippen LogP contribution in [0.3, 0.4) is 0 Å². The van der Waals surface area contributed by atoms with E-state index in [4.69, 9.17) is 4.74 Å². The van der Waals surface area contributed by atoms with E-state index in [-0.39, 0.29) is 23.3 Å². The van der Waals surface area contributed by atoms with Gasteiger partial charge in [-0.1, -0.05) is 18.2 Å². The maximum atomic E-state index is 14.6. The van der Waals surface area contributed by atoms with Gasteiger partial charge < -0.3 is 15.4 Å². The maximum Gasteiger partial charge on any atom is 0.231 e. The number of carbonyl (C=O) groups is 1. The Morgan fingerprint density at radius 2 is 2.00 bits per heavy atom. The molecule has 2 N–H and O–H groups in total. The van der Waals surface area contributed by atoms with Gasteiger partial charge in [-0.05, 0) is 54.8 Å². The highest BCUT2D eigenvalue weighted by Crippen LogP contribution is 2.26. The summed E-state index contributed by atoms with van der Waals surface area (Å²) in [5.41, 5.74) is 2.76. The van der Waals surface area contributed by atoms with E-state index >= 15 is 0 Å². The first-order chi connectivity index (χ1) is 11.6. The number of nitrogens with one attached hydrogen (secondary N) is 2. The molecule has 5 heteroatoms. The third kappa shape index (κ3) is 3.26. The number of benzene rings is 2. The lowest BCUT2D eigenvalue weighted by Crippen LogP contribution is -2.26. The third-order valence-electron chi connectivity index (χ3n) is 4.47. The summed E-state index contributed by atoms with van der Waals surface area (Å²) in [6, 6.07) is 10.8. The minimum absolute atomic E-state index is 0.229. The van der Waals surface area contributed by atoms with E-state index in [1.54, 1.807) is 20.1 Å². The van der Waals surface area contributed by atoms with E-state index in [9.17, 15) is 9.18 Å². The zero-order valence-electron chi connectivity index (χ0n) is 13.9. The van der Waals surface area contributed by atoms with Gasteiger partial charge in [0.1, 0.15) is 11.6 Å². The second-order valence-corrected chi connectivity index (χ2v) is 5.98. The number of rotatable bonds is 4. The Balaban J connectivity index is 1.76. The second-order valence-electron chi connectivity index (χ2n) is 5.98. The number of hydrogen-bond donors (Lipinski definition) is 2. The van der Waals surface area contributed by atoms with Crippen LogP contribution in [-0.4, -0.2) is 19.6 Å². The van der Waals surface area contributed by atoms with Crippen LogP contribution in [0.1, 0.15) is 29.5 Å². The van der Waals surface area contributed by atoms with Crippen LogP contribution in [0.2, 0.25) is 0 Å². The number of methoxy groups -OCH3 is 1. The van der Waals surface area contributed by atoms with Gasteiger partial charge in [-0.25, -0.2) is 4.39 Å². The van der Waals surface area contributed by atoms with Crippen molar-refractivity contribution in [2.24, 2.45) is 0 Å². The molecule has 0 bridgehead atoms. The van der Waals surface area contributed by atoms with Crippen molar-refractivity contribution in [3.8, 4) is 5.75 Å². The Bertz CT molecular complexity index is 744. The highest BCUT2D eigenvalue weighted by Gasteiger charge is 2.20. The first-order valence-corrected chi connectivity index (χ1v) is 8.06. The molecule has 0 spiro atoms. The van der Waals surface area contributed by atoms with Crippen molar-refractivity contribution in [1.29, 1.82) is 0 Å². The molecule has 0 saturated carbocycles. The lowest BCUT2D eigenvalue weighted by Gasteiger charge is -2.20. The molecule has 1 atom stereocenters. The molecule has 1 heterocycles. The van der Waals surface area contributed by atoms with Crippen LogP contribution < -0.4 is 15.4 Å². The minimum atomic E-state index is -0.381. The van der Waals surface area contributed by atoms with E-state index in [1.165, 1.54) is 0 Å². The number of halogens is 1. The van der Waals surface area contributed by atoms with Gasteiger partial charge in [-0.2, -0.15) is 0 Å². The largest absolute Gasteiger partial charge is 0.497 e. The number of anilines is 1. The normalized spacial score (nSPS) is 14.6. The van der Waals surface area contributed by atoms with Gasteiger partial charge in [-0.3, -0.25) is 4.79 Å². The van der Waals surface area contributed by atoms with Crippen LogP contribution >= 0.6 is 0 Å². The quantitative estimate of drug-likeness (QED) is 0.906. The van der Waals surface area contributed by atoms with E-state index in [0.717, 1.165) is 23.4 Å². The average molecular weight is 328 g/mol. The van der Waals surface area contributed by atoms with Gasteiger partial charge in [0.15, 0.2) is 0 Å². The van der Waals surface area contributed by atoms with Crippen LogP contribution in [-0.2, 0) is 17.8 Å². The summed E-state index contributed by atoms with van der Waals surface area (Å²) in [4.78, 5) is 12.5. The van der Waals surface area contributed by atoms with Crippen molar-refractivity contribution in [1.82, 2.24) is 5.32 Å². The molecule has 3 rings (SSSR count).